The Bertz CT molecular complexity index is 798. The van der Waals surface area contributed by atoms with Gasteiger partial charge in [0.1, 0.15) is 12.6 Å². The molecule has 7 heteroatoms. The van der Waals surface area contributed by atoms with Gasteiger partial charge in [0.05, 0.1) is 18.7 Å². The van der Waals surface area contributed by atoms with Crippen LogP contribution in [-0.2, 0) is 20.9 Å². The Kier molecular flexibility index (Phi) is 5.68. The number of benzene rings is 1. The summed E-state index contributed by atoms with van der Waals surface area (Å²) < 4.78 is 5.79. The number of nitrogens with one attached hydrogen (secondary N) is 1. The lowest BCUT2D eigenvalue weighted by atomic mass is 10.0. The molecule has 2 rings (SSSR count). The van der Waals surface area contributed by atoms with Crippen molar-refractivity contribution in [3.63, 3.8) is 0 Å². The number of carbonyl (C=O) groups excluding carboxylic acids is 2. The van der Waals surface area contributed by atoms with E-state index < -0.39 is 17.9 Å². The number of amides is 1. The van der Waals surface area contributed by atoms with Crippen LogP contribution in [0.15, 0.2) is 35.3 Å². The van der Waals surface area contributed by atoms with Crippen molar-refractivity contribution in [1.82, 2.24) is 15.1 Å². The Balaban J connectivity index is 2.15. The van der Waals surface area contributed by atoms with Crippen LogP contribution in [0.1, 0.15) is 20.3 Å². The molecule has 1 aromatic carbocycles. The number of esters is 1. The van der Waals surface area contributed by atoms with Gasteiger partial charge in [-0.15, -0.1) is 0 Å². The van der Waals surface area contributed by atoms with Gasteiger partial charge in [-0.05, 0) is 18.4 Å². The van der Waals surface area contributed by atoms with Gasteiger partial charge < -0.3 is 10.1 Å². The number of nitrogens with zero attached hydrogens (tertiary/aromatic N) is 2. The Labute approximate surface area is 139 Å². The fourth-order valence-electron chi connectivity index (χ4n) is 2.44. The highest BCUT2D eigenvalue weighted by Crippen LogP contribution is 2.07. The molecular weight excluding hydrogens is 310 g/mol. The normalized spacial score (nSPS) is 12.2. The monoisotopic (exact) mass is 331 g/mol. The maximum Gasteiger partial charge on any atom is 0.328 e. The molecule has 0 spiro atoms. The maximum absolute atomic E-state index is 12.3. The molecule has 0 aliphatic heterocycles. The predicted octanol–water partition coefficient (Wildman–Crippen LogP) is 1.10. The number of hydrogen-bond acceptors (Lipinski definition) is 5. The second-order valence-corrected chi connectivity index (χ2v) is 5.97. The number of ether oxygens (including phenoxy) is 1. The van der Waals surface area contributed by atoms with Crippen LogP contribution in [0.3, 0.4) is 0 Å². The third-order valence-electron chi connectivity index (χ3n) is 3.58. The summed E-state index contributed by atoms with van der Waals surface area (Å²) >= 11 is 0. The zero-order valence-electron chi connectivity index (χ0n) is 14.0. The van der Waals surface area contributed by atoms with Crippen molar-refractivity contribution in [2.45, 2.75) is 32.9 Å². The summed E-state index contributed by atoms with van der Waals surface area (Å²) in [6.07, 6.45) is 1.99. The highest BCUT2D eigenvalue weighted by Gasteiger charge is 2.23. The fraction of sp³-hybridized carbons (Fsp3) is 0.412. The number of methoxy groups -OCH3 is 1. The molecule has 128 valence electrons. The predicted molar refractivity (Wildman–Crippen MR) is 89.4 cm³/mol. The zero-order valence-corrected chi connectivity index (χ0v) is 14.0. The van der Waals surface area contributed by atoms with E-state index in [1.807, 2.05) is 19.9 Å². The van der Waals surface area contributed by atoms with Crippen LogP contribution in [0.2, 0.25) is 0 Å². The van der Waals surface area contributed by atoms with Crippen LogP contribution in [0.4, 0.5) is 0 Å². The first kappa shape index (κ1) is 17.7. The molecule has 0 radical (unpaired) electrons. The Morgan fingerprint density at radius 3 is 2.67 bits per heavy atom. The minimum atomic E-state index is -0.737. The molecule has 1 aromatic heterocycles. The lowest BCUT2D eigenvalue weighted by molar-refractivity contribution is -0.145. The van der Waals surface area contributed by atoms with E-state index >= 15 is 0 Å². The van der Waals surface area contributed by atoms with E-state index in [9.17, 15) is 14.4 Å². The fourth-order valence-corrected chi connectivity index (χ4v) is 2.44. The smallest absolute Gasteiger partial charge is 0.328 e. The van der Waals surface area contributed by atoms with Crippen LogP contribution in [0.25, 0.3) is 10.8 Å². The van der Waals surface area contributed by atoms with E-state index in [0.29, 0.717) is 17.2 Å². The molecule has 0 aliphatic carbocycles. The summed E-state index contributed by atoms with van der Waals surface area (Å²) in [4.78, 5) is 36.3. The summed E-state index contributed by atoms with van der Waals surface area (Å²) in [7, 11) is 1.28. The van der Waals surface area contributed by atoms with Crippen molar-refractivity contribution in [2.24, 2.45) is 5.92 Å². The second kappa shape index (κ2) is 7.72. The lowest BCUT2D eigenvalue weighted by Crippen LogP contribution is -2.44. The lowest BCUT2D eigenvalue weighted by Gasteiger charge is -2.18. The van der Waals surface area contributed by atoms with E-state index in [2.05, 4.69) is 10.4 Å². The van der Waals surface area contributed by atoms with E-state index in [1.54, 1.807) is 18.2 Å². The van der Waals surface area contributed by atoms with Gasteiger partial charge in [-0.2, -0.15) is 5.10 Å². The van der Waals surface area contributed by atoms with Gasteiger partial charge >= 0.3 is 5.97 Å². The van der Waals surface area contributed by atoms with Crippen LogP contribution >= 0.6 is 0 Å². The average molecular weight is 331 g/mol. The van der Waals surface area contributed by atoms with Gasteiger partial charge in [0, 0.05) is 5.39 Å². The molecule has 0 aliphatic rings. The van der Waals surface area contributed by atoms with Gasteiger partial charge in [0.2, 0.25) is 5.91 Å². The third-order valence-corrected chi connectivity index (χ3v) is 3.58. The first-order chi connectivity index (χ1) is 11.4. The van der Waals surface area contributed by atoms with Gasteiger partial charge in [0.15, 0.2) is 0 Å². The highest BCUT2D eigenvalue weighted by atomic mass is 16.5. The maximum atomic E-state index is 12.3. The number of fused-ring (bicyclic) bond motifs is 1. The molecule has 1 N–H and O–H groups in total. The van der Waals surface area contributed by atoms with Crippen molar-refractivity contribution in [1.29, 1.82) is 0 Å². The van der Waals surface area contributed by atoms with Crippen molar-refractivity contribution < 1.29 is 14.3 Å². The summed E-state index contributed by atoms with van der Waals surface area (Å²) in [5, 5.41) is 7.82. The van der Waals surface area contributed by atoms with Crippen LogP contribution in [-0.4, -0.2) is 34.8 Å². The molecule has 0 bridgehead atoms. The van der Waals surface area contributed by atoms with Crippen molar-refractivity contribution in [2.75, 3.05) is 7.11 Å². The standard InChI is InChI=1S/C17H21N3O4/c1-11(2)8-14(17(23)24-3)19-15(21)10-20-16(22)13-7-5-4-6-12(13)9-18-20/h4-7,9,11,14H,8,10H2,1-3H3,(H,19,21). The molecule has 0 saturated heterocycles. The third kappa shape index (κ3) is 4.18. The summed E-state index contributed by atoms with van der Waals surface area (Å²) in [6, 6.07) is 6.30. The van der Waals surface area contributed by atoms with E-state index in [0.717, 1.165) is 4.68 Å². The molecule has 0 saturated carbocycles. The SMILES string of the molecule is COC(=O)C(CC(C)C)NC(=O)Cn1ncc2ccccc2c1=O. The molecular formula is C17H21N3O4. The minimum Gasteiger partial charge on any atom is -0.467 e. The van der Waals surface area contributed by atoms with Crippen LogP contribution in [0, 0.1) is 5.92 Å². The quantitative estimate of drug-likeness (QED) is 0.801. The summed E-state index contributed by atoms with van der Waals surface area (Å²) in [5.74, 6) is -0.761. The molecule has 2 aromatic rings. The summed E-state index contributed by atoms with van der Waals surface area (Å²) in [6.45, 7) is 3.63. The number of aromatic nitrogens is 2. The first-order valence-corrected chi connectivity index (χ1v) is 7.74. The molecule has 1 heterocycles. The molecule has 0 fully saturated rings. The summed E-state index contributed by atoms with van der Waals surface area (Å²) in [5.41, 5.74) is -0.346. The van der Waals surface area contributed by atoms with Gasteiger partial charge in [0.25, 0.3) is 5.56 Å². The minimum absolute atomic E-state index is 0.205. The Hall–Kier alpha value is -2.70. The molecule has 7 nitrogen and oxygen atoms in total. The average Bonchev–Trinajstić information content (AvgIpc) is 2.56. The van der Waals surface area contributed by atoms with Crippen molar-refractivity contribution in [3.8, 4) is 0 Å². The first-order valence-electron chi connectivity index (χ1n) is 7.74. The van der Waals surface area contributed by atoms with Gasteiger partial charge in [-0.3, -0.25) is 9.59 Å². The Morgan fingerprint density at radius 2 is 2.00 bits per heavy atom. The van der Waals surface area contributed by atoms with Crippen LogP contribution < -0.4 is 10.9 Å². The van der Waals surface area contributed by atoms with E-state index in [4.69, 9.17) is 4.74 Å². The number of rotatable bonds is 6. The largest absolute Gasteiger partial charge is 0.467 e. The van der Waals surface area contributed by atoms with Crippen molar-refractivity contribution in [3.05, 3.63) is 40.8 Å². The number of carbonyl (C=O) groups is 2. The molecule has 1 unspecified atom stereocenters. The topological polar surface area (TPSA) is 90.3 Å². The zero-order chi connectivity index (χ0) is 17.7. The van der Waals surface area contributed by atoms with Crippen LogP contribution in [0.5, 0.6) is 0 Å². The Morgan fingerprint density at radius 1 is 1.29 bits per heavy atom. The molecule has 24 heavy (non-hydrogen) atoms. The van der Waals surface area contributed by atoms with Crippen molar-refractivity contribution >= 4 is 22.6 Å². The van der Waals surface area contributed by atoms with Gasteiger partial charge in [-0.1, -0.05) is 32.0 Å². The van der Waals surface area contributed by atoms with E-state index in [-0.39, 0.29) is 18.0 Å². The van der Waals surface area contributed by atoms with Gasteiger partial charge in [-0.25, -0.2) is 9.48 Å². The second-order valence-electron chi connectivity index (χ2n) is 5.97. The molecule has 1 atom stereocenters. The highest BCUT2D eigenvalue weighted by molar-refractivity contribution is 5.85. The number of hydrogen-bond donors (Lipinski definition) is 1. The molecule has 1 amide bonds. The van der Waals surface area contributed by atoms with E-state index in [1.165, 1.54) is 13.3 Å².